The molecule has 0 saturated carbocycles. The zero-order valence-electron chi connectivity index (χ0n) is 28.3. The zero-order chi connectivity index (χ0) is 35.1. The van der Waals surface area contributed by atoms with E-state index >= 15 is 0 Å². The average molecular weight is 760 g/mol. The maximum atomic E-state index is 14.6. The van der Waals surface area contributed by atoms with E-state index in [1.807, 2.05) is 16.8 Å². The van der Waals surface area contributed by atoms with Gasteiger partial charge < -0.3 is 19.3 Å². The Morgan fingerprint density at radius 2 is 1.94 bits per heavy atom. The summed E-state index contributed by atoms with van der Waals surface area (Å²) in [5.41, 5.74) is 3.96. The molecular weight excluding hydrogens is 718 g/mol. The first-order chi connectivity index (χ1) is 24.5. The minimum absolute atomic E-state index is 0.149. The van der Waals surface area contributed by atoms with Crippen molar-refractivity contribution in [3.63, 3.8) is 0 Å². The van der Waals surface area contributed by atoms with Crippen LogP contribution in [0.15, 0.2) is 18.2 Å². The van der Waals surface area contributed by atoms with E-state index in [2.05, 4.69) is 21.0 Å². The molecule has 0 bridgehead atoms. The molecule has 9 rings (SSSR count). The predicted molar refractivity (Wildman–Crippen MR) is 190 cm³/mol. The predicted octanol–water partition coefficient (Wildman–Crippen LogP) is 4.76. The monoisotopic (exact) mass is 758 g/mol. The van der Waals surface area contributed by atoms with Crippen molar-refractivity contribution in [3.05, 3.63) is 62.0 Å². The van der Waals surface area contributed by atoms with Gasteiger partial charge in [-0.1, -0.05) is 35.3 Å². The lowest BCUT2D eigenvalue weighted by atomic mass is 9.87. The van der Waals surface area contributed by atoms with Gasteiger partial charge in [-0.05, 0) is 55.8 Å². The number of carbonyl (C=O) groups excluding carboxylic acids is 1. The number of benzene rings is 1. The van der Waals surface area contributed by atoms with Crippen LogP contribution in [0, 0.1) is 4.78 Å². The van der Waals surface area contributed by atoms with Gasteiger partial charge in [-0.15, -0.1) is 0 Å². The van der Waals surface area contributed by atoms with Crippen LogP contribution >= 0.6 is 23.2 Å². The lowest BCUT2D eigenvalue weighted by Crippen LogP contribution is -2.43. The Kier molecular flexibility index (Phi) is 8.30. The second kappa shape index (κ2) is 12.5. The Labute approximate surface area is 306 Å². The van der Waals surface area contributed by atoms with Crippen LogP contribution in [0.4, 0.5) is 10.2 Å². The van der Waals surface area contributed by atoms with Crippen molar-refractivity contribution in [2.24, 2.45) is 0 Å². The Morgan fingerprint density at radius 1 is 1.10 bits per heavy atom. The summed E-state index contributed by atoms with van der Waals surface area (Å²) in [5.74, 6) is 0.687. The van der Waals surface area contributed by atoms with E-state index in [0.717, 1.165) is 66.1 Å². The quantitative estimate of drug-likeness (QED) is 0.392. The second-order valence-corrected chi connectivity index (χ2v) is 18.2. The summed E-state index contributed by atoms with van der Waals surface area (Å²) in [7, 11) is -2.65. The molecule has 1 amide bonds. The van der Waals surface area contributed by atoms with Crippen molar-refractivity contribution in [1.82, 2.24) is 29.5 Å². The third-order valence-corrected chi connectivity index (χ3v) is 14.4. The number of hydrogen-bond acceptors (Lipinski definition) is 10. The van der Waals surface area contributed by atoms with Crippen LogP contribution in [0.5, 0.6) is 6.01 Å². The smallest absolute Gasteiger partial charge is 0.318 e. The summed E-state index contributed by atoms with van der Waals surface area (Å²) >= 11 is 13.6. The van der Waals surface area contributed by atoms with Gasteiger partial charge in [0.1, 0.15) is 18.6 Å². The molecule has 16 heteroatoms. The Hall–Kier alpha value is -3.04. The van der Waals surface area contributed by atoms with Gasteiger partial charge in [-0.2, -0.15) is 15.1 Å². The Bertz CT molecular complexity index is 2020. The Morgan fingerprint density at radius 3 is 2.78 bits per heavy atom. The lowest BCUT2D eigenvalue weighted by molar-refractivity contribution is -0.0730. The van der Waals surface area contributed by atoms with Crippen LogP contribution < -0.4 is 9.64 Å². The number of halogens is 3. The summed E-state index contributed by atoms with van der Waals surface area (Å²) in [6.07, 6.45) is 4.37. The molecule has 1 N–H and O–H groups in total. The molecule has 3 aromatic rings. The van der Waals surface area contributed by atoms with Crippen LogP contribution in [-0.2, 0) is 52.6 Å². The Balaban J connectivity index is 1.05. The number of carbonyl (C=O) groups is 1. The molecule has 1 aliphatic carbocycles. The number of nitrogens with one attached hydrogen (secondary N) is 1. The number of amides is 1. The fourth-order valence-electron chi connectivity index (χ4n) is 9.21. The van der Waals surface area contributed by atoms with Crippen LogP contribution in [0.1, 0.15) is 70.7 Å². The molecule has 3 fully saturated rings. The number of aryl methyl sites for hydroxylation is 1. The van der Waals surface area contributed by atoms with E-state index in [1.165, 1.54) is 0 Å². The first kappa shape index (κ1) is 33.8. The summed E-state index contributed by atoms with van der Waals surface area (Å²) in [5, 5.41) is 5.71. The van der Waals surface area contributed by atoms with Gasteiger partial charge in [0.2, 0.25) is 0 Å². The van der Waals surface area contributed by atoms with Crippen LogP contribution in [0.3, 0.4) is 0 Å². The molecule has 1 spiro atoms. The second-order valence-electron chi connectivity index (χ2n) is 15.0. The molecule has 0 radical (unpaired) electrons. The molecule has 1 aromatic carbocycles. The molecule has 6 aliphatic rings. The molecule has 7 heterocycles. The summed E-state index contributed by atoms with van der Waals surface area (Å²) < 4.78 is 49.8. The van der Waals surface area contributed by atoms with Gasteiger partial charge in [0.15, 0.2) is 5.69 Å². The number of rotatable bonds is 5. The number of nitrogens with zero attached hydrogens (tertiary/aromatic N) is 7. The molecule has 3 saturated heterocycles. The molecule has 5 aliphatic heterocycles. The standard InChI is InChI=1S/C35H41Cl2FN8O4S/c36-26-5-1-4-25-23(26)6-8-35(25)17-27-24(20-50-35)31(41-33(40-27)49-21-34-7-2-10-45(34)18-22(38)16-34)44-9-3-11-46-28(19-44)29(37)30(42-46)32(47)43-12-14-51(39,48)15-13-43/h1,4-5,22,39H,2-3,6-21H2/t22-,34+,35+/m1/s1. The molecule has 0 unspecified atom stereocenters. The van der Waals surface area contributed by atoms with Crippen molar-refractivity contribution in [2.45, 2.75) is 82.0 Å². The van der Waals surface area contributed by atoms with E-state index in [1.54, 1.807) is 4.90 Å². The highest BCUT2D eigenvalue weighted by Gasteiger charge is 2.50. The largest absolute Gasteiger partial charge is 0.461 e. The molecular formula is C35H41Cl2FN8O4S. The lowest BCUT2D eigenvalue weighted by Gasteiger charge is -2.37. The normalized spacial score (nSPS) is 28.3. The molecule has 3 atom stereocenters. The number of alkyl halides is 1. The van der Waals surface area contributed by atoms with Gasteiger partial charge in [0.05, 0.1) is 40.7 Å². The maximum Gasteiger partial charge on any atom is 0.318 e. The third-order valence-electron chi connectivity index (χ3n) is 11.9. The molecule has 272 valence electrons. The van der Waals surface area contributed by atoms with Crippen molar-refractivity contribution in [2.75, 3.05) is 55.7 Å². The number of ether oxygens (including phenoxy) is 2. The fraction of sp³-hybridized carbons (Fsp3) is 0.600. The minimum Gasteiger partial charge on any atom is -0.461 e. The van der Waals surface area contributed by atoms with E-state index in [-0.39, 0.29) is 47.7 Å². The maximum absolute atomic E-state index is 14.6. The van der Waals surface area contributed by atoms with Gasteiger partial charge in [-0.25, -0.2) is 8.60 Å². The van der Waals surface area contributed by atoms with E-state index in [4.69, 9.17) is 47.4 Å². The third kappa shape index (κ3) is 5.80. The number of aromatic nitrogens is 4. The van der Waals surface area contributed by atoms with E-state index in [9.17, 15) is 13.4 Å². The number of hydrogen-bond donors (Lipinski definition) is 1. The highest BCUT2D eigenvalue weighted by Crippen LogP contribution is 2.49. The summed E-state index contributed by atoms with van der Waals surface area (Å²) in [6.45, 7) is 3.99. The van der Waals surface area contributed by atoms with E-state index in [0.29, 0.717) is 68.8 Å². The topological polar surface area (TPSA) is 130 Å². The number of anilines is 1. The molecule has 51 heavy (non-hydrogen) atoms. The van der Waals surface area contributed by atoms with E-state index < -0.39 is 21.5 Å². The minimum atomic E-state index is -2.65. The van der Waals surface area contributed by atoms with Crippen molar-refractivity contribution < 1.29 is 22.9 Å². The SMILES string of the molecule is N=S1(=O)CCN(C(=O)c2nn3c(c2Cl)CN(c2nc(OC[C@@]45CCCN4C[C@H](F)C5)nc4c2CO[C@@]2(CCc5c(Cl)cccc52)C4)CCC3)CC1. The fourth-order valence-corrected chi connectivity index (χ4v) is 11.0. The zero-order valence-corrected chi connectivity index (χ0v) is 30.7. The van der Waals surface area contributed by atoms with Crippen molar-refractivity contribution >= 4 is 44.7 Å². The van der Waals surface area contributed by atoms with Crippen LogP contribution in [-0.4, -0.2) is 102 Å². The highest BCUT2D eigenvalue weighted by atomic mass is 35.5. The van der Waals surface area contributed by atoms with Crippen LogP contribution in [0.2, 0.25) is 10.0 Å². The van der Waals surface area contributed by atoms with Crippen molar-refractivity contribution in [1.29, 1.82) is 4.78 Å². The van der Waals surface area contributed by atoms with Gasteiger partial charge >= 0.3 is 6.01 Å². The summed E-state index contributed by atoms with van der Waals surface area (Å²) in [6, 6.07) is 6.27. The molecule has 12 nitrogen and oxygen atoms in total. The first-order valence-corrected chi connectivity index (χ1v) is 20.6. The first-order valence-electron chi connectivity index (χ1n) is 17.9. The van der Waals surface area contributed by atoms with Crippen LogP contribution in [0.25, 0.3) is 0 Å². The summed E-state index contributed by atoms with van der Waals surface area (Å²) in [4.78, 5) is 29.6. The van der Waals surface area contributed by atoms with Gasteiger partial charge in [0, 0.05) is 77.4 Å². The van der Waals surface area contributed by atoms with Gasteiger partial charge in [0.25, 0.3) is 5.91 Å². The highest BCUT2D eigenvalue weighted by molar-refractivity contribution is 7.92. The van der Waals surface area contributed by atoms with Gasteiger partial charge in [-0.3, -0.25) is 19.2 Å². The number of fused-ring (bicyclic) bond motifs is 5. The average Bonchev–Trinajstić information content (AvgIpc) is 3.79. The molecule has 2 aromatic heterocycles. The van der Waals surface area contributed by atoms with Crippen molar-refractivity contribution in [3.8, 4) is 6.01 Å².